The van der Waals surface area contributed by atoms with Gasteiger partial charge in [-0.1, -0.05) is 18.2 Å². The summed E-state index contributed by atoms with van der Waals surface area (Å²) in [5.74, 6) is -1.44. The zero-order chi connectivity index (χ0) is 11.9. The third-order valence-electron chi connectivity index (χ3n) is 2.41. The quantitative estimate of drug-likeness (QED) is 0.789. The average Bonchev–Trinajstić information content (AvgIpc) is 2.23. The molecule has 0 saturated heterocycles. The van der Waals surface area contributed by atoms with Gasteiger partial charge in [-0.05, 0) is 12.1 Å². The van der Waals surface area contributed by atoms with Crippen LogP contribution in [0, 0.1) is 0 Å². The van der Waals surface area contributed by atoms with Gasteiger partial charge in [-0.25, -0.2) is 13.2 Å². The van der Waals surface area contributed by atoms with Gasteiger partial charge in [-0.3, -0.25) is 4.31 Å². The molecule has 84 valence electrons. The van der Waals surface area contributed by atoms with Crippen molar-refractivity contribution in [3.8, 4) is 0 Å². The summed E-state index contributed by atoms with van der Waals surface area (Å²) in [7, 11) is -2.58. The molecule has 0 unspecified atom stereocenters. The Morgan fingerprint density at radius 2 is 1.94 bits per heavy atom. The van der Waals surface area contributed by atoms with Crippen LogP contribution in [0.2, 0.25) is 0 Å². The number of rotatable bonds is 1. The fourth-order valence-corrected chi connectivity index (χ4v) is 2.78. The van der Waals surface area contributed by atoms with E-state index >= 15 is 0 Å². The van der Waals surface area contributed by atoms with Crippen LogP contribution in [0.5, 0.6) is 0 Å². The van der Waals surface area contributed by atoms with E-state index in [4.69, 9.17) is 5.11 Å². The number of carboxylic acid groups (broad SMARTS) is 1. The molecule has 0 bridgehead atoms. The van der Waals surface area contributed by atoms with E-state index in [9.17, 15) is 13.2 Å². The first-order valence-corrected chi connectivity index (χ1v) is 5.91. The van der Waals surface area contributed by atoms with E-state index in [0.29, 0.717) is 11.3 Å². The Morgan fingerprint density at radius 3 is 2.56 bits per heavy atom. The minimum absolute atomic E-state index is 0.479. The van der Waals surface area contributed by atoms with Crippen LogP contribution in [0.25, 0.3) is 6.08 Å². The molecule has 0 radical (unpaired) electrons. The van der Waals surface area contributed by atoms with E-state index in [1.807, 2.05) is 0 Å². The van der Waals surface area contributed by atoms with Gasteiger partial charge in [0.1, 0.15) is 0 Å². The second kappa shape index (κ2) is 3.34. The lowest BCUT2D eigenvalue weighted by Crippen LogP contribution is -2.33. The van der Waals surface area contributed by atoms with E-state index in [1.165, 1.54) is 13.1 Å². The SMILES string of the molecule is CN1c2ccccc2C=C(C(=O)O)S1(=O)=O. The van der Waals surface area contributed by atoms with Crippen LogP contribution in [-0.2, 0) is 14.8 Å². The predicted octanol–water partition coefficient (Wildman–Crippen LogP) is 0.892. The highest BCUT2D eigenvalue weighted by molar-refractivity contribution is 7.97. The van der Waals surface area contributed by atoms with Gasteiger partial charge in [0, 0.05) is 12.6 Å². The van der Waals surface area contributed by atoms with Crippen LogP contribution in [0.1, 0.15) is 5.56 Å². The van der Waals surface area contributed by atoms with Gasteiger partial charge < -0.3 is 5.11 Å². The first-order valence-electron chi connectivity index (χ1n) is 4.47. The fraction of sp³-hybridized carbons (Fsp3) is 0.100. The molecule has 1 heterocycles. The second-order valence-electron chi connectivity index (χ2n) is 3.35. The number of hydrogen-bond acceptors (Lipinski definition) is 3. The molecule has 16 heavy (non-hydrogen) atoms. The van der Waals surface area contributed by atoms with Crippen molar-refractivity contribution in [2.24, 2.45) is 0 Å². The maximum Gasteiger partial charge on any atom is 0.349 e. The predicted molar refractivity (Wildman–Crippen MR) is 59.4 cm³/mol. The molecule has 5 nitrogen and oxygen atoms in total. The number of carboxylic acids is 1. The standard InChI is InChI=1S/C10H9NO4S/c1-11-8-5-3-2-4-7(8)6-9(10(12)13)16(11,14)15/h2-6H,1H3,(H,12,13). The number of nitrogens with zero attached hydrogens (tertiary/aromatic N) is 1. The fourth-order valence-electron chi connectivity index (χ4n) is 1.56. The Morgan fingerprint density at radius 1 is 1.31 bits per heavy atom. The highest BCUT2D eigenvalue weighted by Gasteiger charge is 2.33. The largest absolute Gasteiger partial charge is 0.477 e. The molecular formula is C10H9NO4S. The molecule has 0 saturated carbocycles. The number of fused-ring (bicyclic) bond motifs is 1. The lowest BCUT2D eigenvalue weighted by molar-refractivity contribution is -0.131. The highest BCUT2D eigenvalue weighted by atomic mass is 32.2. The maximum absolute atomic E-state index is 11.8. The van der Waals surface area contributed by atoms with E-state index in [2.05, 4.69) is 0 Å². The summed E-state index contributed by atoms with van der Waals surface area (Å²) >= 11 is 0. The van der Waals surface area contributed by atoms with Crippen LogP contribution < -0.4 is 4.31 Å². The van der Waals surface area contributed by atoms with Crippen molar-refractivity contribution in [1.29, 1.82) is 0 Å². The van der Waals surface area contributed by atoms with E-state index in [1.54, 1.807) is 24.3 Å². The molecule has 1 aliphatic heterocycles. The molecule has 0 aliphatic carbocycles. The molecular weight excluding hydrogens is 230 g/mol. The summed E-state index contributed by atoms with van der Waals surface area (Å²) in [4.78, 5) is 10.2. The van der Waals surface area contributed by atoms with Gasteiger partial charge in [0.25, 0.3) is 10.0 Å². The summed E-state index contributed by atoms with van der Waals surface area (Å²) in [5.41, 5.74) is 1.06. The molecule has 0 aromatic heterocycles. The Bertz CT molecular complexity index is 589. The van der Waals surface area contributed by atoms with Crippen LogP contribution in [0.4, 0.5) is 5.69 Å². The van der Waals surface area contributed by atoms with E-state index in [-0.39, 0.29) is 0 Å². The van der Waals surface area contributed by atoms with E-state index in [0.717, 1.165) is 4.31 Å². The number of benzene rings is 1. The zero-order valence-corrected chi connectivity index (χ0v) is 9.23. The van der Waals surface area contributed by atoms with Crippen LogP contribution in [-0.4, -0.2) is 26.5 Å². The molecule has 0 amide bonds. The summed E-state index contributed by atoms with van der Waals surface area (Å²) < 4.78 is 24.6. The summed E-state index contributed by atoms with van der Waals surface area (Å²) in [5, 5.41) is 8.84. The Kier molecular flexibility index (Phi) is 2.23. The molecule has 1 aliphatic rings. The molecule has 0 fully saturated rings. The van der Waals surface area contributed by atoms with Gasteiger partial charge in [-0.2, -0.15) is 0 Å². The third-order valence-corrected chi connectivity index (χ3v) is 4.18. The van der Waals surface area contributed by atoms with Gasteiger partial charge >= 0.3 is 5.97 Å². The zero-order valence-electron chi connectivity index (χ0n) is 8.41. The molecule has 2 rings (SSSR count). The summed E-state index contributed by atoms with van der Waals surface area (Å²) in [6.07, 6.45) is 1.17. The normalized spacial score (nSPS) is 17.6. The van der Waals surface area contributed by atoms with Crippen molar-refractivity contribution >= 4 is 27.8 Å². The smallest absolute Gasteiger partial charge is 0.349 e. The Balaban J connectivity index is 2.76. The Hall–Kier alpha value is -1.82. The van der Waals surface area contributed by atoms with Gasteiger partial charge in [0.05, 0.1) is 5.69 Å². The monoisotopic (exact) mass is 239 g/mol. The van der Waals surface area contributed by atoms with Crippen molar-refractivity contribution in [3.05, 3.63) is 34.7 Å². The van der Waals surface area contributed by atoms with Crippen LogP contribution >= 0.6 is 0 Å². The number of aliphatic carboxylic acids is 1. The third kappa shape index (κ3) is 1.38. The number of hydrogen-bond donors (Lipinski definition) is 1. The molecule has 6 heteroatoms. The van der Waals surface area contributed by atoms with Crippen molar-refractivity contribution in [3.63, 3.8) is 0 Å². The lowest BCUT2D eigenvalue weighted by atomic mass is 10.1. The minimum Gasteiger partial charge on any atom is -0.477 e. The Labute approximate surface area is 92.7 Å². The van der Waals surface area contributed by atoms with Crippen molar-refractivity contribution in [1.82, 2.24) is 0 Å². The molecule has 0 spiro atoms. The van der Waals surface area contributed by atoms with Crippen LogP contribution in [0.3, 0.4) is 0 Å². The first kappa shape index (κ1) is 10.7. The molecule has 1 N–H and O–H groups in total. The molecule has 1 aromatic carbocycles. The number of carbonyl (C=O) groups is 1. The topological polar surface area (TPSA) is 74.7 Å². The van der Waals surface area contributed by atoms with Gasteiger partial charge in [0.2, 0.25) is 0 Å². The van der Waals surface area contributed by atoms with Crippen LogP contribution in [0.15, 0.2) is 29.2 Å². The average molecular weight is 239 g/mol. The second-order valence-corrected chi connectivity index (χ2v) is 5.28. The number of para-hydroxylation sites is 1. The number of anilines is 1. The van der Waals surface area contributed by atoms with Gasteiger partial charge in [-0.15, -0.1) is 0 Å². The molecule has 1 aromatic rings. The minimum atomic E-state index is -3.92. The maximum atomic E-state index is 11.8. The summed E-state index contributed by atoms with van der Waals surface area (Å²) in [6, 6.07) is 6.72. The van der Waals surface area contributed by atoms with Crippen molar-refractivity contribution in [2.45, 2.75) is 0 Å². The first-order chi connectivity index (χ1) is 7.44. The lowest BCUT2D eigenvalue weighted by Gasteiger charge is -2.25. The van der Waals surface area contributed by atoms with Crippen molar-refractivity contribution in [2.75, 3.05) is 11.4 Å². The van der Waals surface area contributed by atoms with Gasteiger partial charge in [0.15, 0.2) is 4.91 Å². The number of sulfonamides is 1. The van der Waals surface area contributed by atoms with Crippen molar-refractivity contribution < 1.29 is 18.3 Å². The summed E-state index contributed by atoms with van der Waals surface area (Å²) in [6.45, 7) is 0. The highest BCUT2D eigenvalue weighted by Crippen LogP contribution is 2.32. The van der Waals surface area contributed by atoms with E-state index < -0.39 is 20.9 Å². The molecule has 0 atom stereocenters.